The van der Waals surface area contributed by atoms with Gasteiger partial charge < -0.3 is 14.8 Å². The predicted molar refractivity (Wildman–Crippen MR) is 124 cm³/mol. The van der Waals surface area contributed by atoms with E-state index in [4.69, 9.17) is 21.1 Å². The molecule has 164 valence electrons. The van der Waals surface area contributed by atoms with E-state index in [-0.39, 0.29) is 29.0 Å². The summed E-state index contributed by atoms with van der Waals surface area (Å²) in [6, 6.07) is 16.5. The summed E-state index contributed by atoms with van der Waals surface area (Å²) >= 11 is 6.34. The van der Waals surface area contributed by atoms with E-state index in [1.165, 1.54) is 31.4 Å². The number of hydrogen-bond donors (Lipinski definition) is 1. The minimum atomic E-state index is -0.474. The van der Waals surface area contributed by atoms with Gasteiger partial charge in [-0.25, -0.2) is 0 Å². The maximum absolute atomic E-state index is 12.2. The van der Waals surface area contributed by atoms with Crippen LogP contribution in [0.1, 0.15) is 11.1 Å². The fourth-order valence-corrected chi connectivity index (χ4v) is 3.01. The molecule has 0 fully saturated rings. The van der Waals surface area contributed by atoms with Gasteiger partial charge in [0.2, 0.25) is 0 Å². The number of benzene rings is 3. The van der Waals surface area contributed by atoms with Crippen LogP contribution in [-0.4, -0.2) is 30.8 Å². The Balaban J connectivity index is 1.68. The third-order valence-corrected chi connectivity index (χ3v) is 4.64. The van der Waals surface area contributed by atoms with E-state index in [0.29, 0.717) is 22.7 Å². The van der Waals surface area contributed by atoms with Crippen molar-refractivity contribution in [2.45, 2.75) is 6.92 Å². The maximum atomic E-state index is 12.2. The molecule has 1 N–H and O–H groups in total. The molecule has 0 aliphatic rings. The minimum absolute atomic E-state index is 0.0124. The number of carbonyl (C=O) groups is 1. The zero-order chi connectivity index (χ0) is 23.1. The van der Waals surface area contributed by atoms with Gasteiger partial charge in [-0.3, -0.25) is 19.9 Å². The highest BCUT2D eigenvalue weighted by molar-refractivity contribution is 6.32. The summed E-state index contributed by atoms with van der Waals surface area (Å²) in [5.74, 6) is 0.238. The van der Waals surface area contributed by atoms with Crippen molar-refractivity contribution >= 4 is 40.8 Å². The summed E-state index contributed by atoms with van der Waals surface area (Å²) in [4.78, 5) is 26.7. The average molecular weight is 454 g/mol. The molecular formula is C23H20ClN3O5. The third kappa shape index (κ3) is 6.05. The van der Waals surface area contributed by atoms with Gasteiger partial charge in [-0.1, -0.05) is 29.3 Å². The summed E-state index contributed by atoms with van der Waals surface area (Å²) in [5, 5.41) is 13.7. The van der Waals surface area contributed by atoms with E-state index in [9.17, 15) is 14.9 Å². The monoisotopic (exact) mass is 453 g/mol. The fourth-order valence-electron chi connectivity index (χ4n) is 2.74. The Hall–Kier alpha value is -3.91. The second kappa shape index (κ2) is 10.4. The summed E-state index contributed by atoms with van der Waals surface area (Å²) in [5.41, 5.74) is 2.91. The Labute approximate surface area is 189 Å². The van der Waals surface area contributed by atoms with Crippen LogP contribution in [0.4, 0.5) is 17.1 Å². The molecule has 9 heteroatoms. The molecule has 3 aromatic carbocycles. The standard InChI is InChI=1S/C23H20ClN3O5/c1-15-3-5-18(6-4-15)26-22(28)14-32-23-20(24)11-16(12-21(23)31-2)13-25-17-7-9-19(10-8-17)27(29)30/h3-13H,14H2,1-2H3,(H,26,28). The van der Waals surface area contributed by atoms with Crippen LogP contribution in [0, 0.1) is 17.0 Å². The first-order valence-electron chi connectivity index (χ1n) is 9.51. The number of methoxy groups -OCH3 is 1. The Bertz CT molecular complexity index is 1150. The third-order valence-electron chi connectivity index (χ3n) is 4.36. The number of nitro benzene ring substituents is 1. The molecule has 0 spiro atoms. The van der Waals surface area contributed by atoms with Crippen molar-refractivity contribution in [3.05, 3.63) is 86.9 Å². The Morgan fingerprint density at radius 1 is 1.16 bits per heavy atom. The van der Waals surface area contributed by atoms with Gasteiger partial charge in [0.05, 0.1) is 22.7 Å². The normalized spacial score (nSPS) is 10.7. The quantitative estimate of drug-likeness (QED) is 0.282. The van der Waals surface area contributed by atoms with Crippen molar-refractivity contribution < 1.29 is 19.2 Å². The molecule has 32 heavy (non-hydrogen) atoms. The van der Waals surface area contributed by atoms with Crippen LogP contribution in [0.25, 0.3) is 0 Å². The highest BCUT2D eigenvalue weighted by Gasteiger charge is 2.14. The molecular weight excluding hydrogens is 434 g/mol. The topological polar surface area (TPSA) is 103 Å². The lowest BCUT2D eigenvalue weighted by Crippen LogP contribution is -2.20. The summed E-state index contributed by atoms with van der Waals surface area (Å²) < 4.78 is 10.9. The number of non-ortho nitro benzene ring substituents is 1. The summed E-state index contributed by atoms with van der Waals surface area (Å²) in [6.07, 6.45) is 1.55. The highest BCUT2D eigenvalue weighted by Crippen LogP contribution is 2.36. The summed E-state index contributed by atoms with van der Waals surface area (Å²) in [6.45, 7) is 1.71. The van der Waals surface area contributed by atoms with Gasteiger partial charge in [0.25, 0.3) is 11.6 Å². The molecule has 0 aliphatic carbocycles. The number of rotatable bonds is 8. The number of nitro groups is 1. The van der Waals surface area contributed by atoms with Crippen molar-refractivity contribution in [1.82, 2.24) is 0 Å². The Morgan fingerprint density at radius 3 is 2.47 bits per heavy atom. The maximum Gasteiger partial charge on any atom is 0.269 e. The number of nitrogens with one attached hydrogen (secondary N) is 1. The second-order valence-electron chi connectivity index (χ2n) is 6.77. The number of ether oxygens (including phenoxy) is 2. The van der Waals surface area contributed by atoms with Crippen LogP contribution >= 0.6 is 11.6 Å². The Morgan fingerprint density at radius 2 is 1.84 bits per heavy atom. The molecule has 1 amide bonds. The number of nitrogens with zero attached hydrogens (tertiary/aromatic N) is 2. The van der Waals surface area contributed by atoms with Crippen molar-refractivity contribution in [3.63, 3.8) is 0 Å². The number of hydrogen-bond acceptors (Lipinski definition) is 6. The van der Waals surface area contributed by atoms with E-state index >= 15 is 0 Å². The van der Waals surface area contributed by atoms with E-state index in [1.54, 1.807) is 30.5 Å². The zero-order valence-corrected chi connectivity index (χ0v) is 18.1. The lowest BCUT2D eigenvalue weighted by Gasteiger charge is -2.13. The average Bonchev–Trinajstić information content (AvgIpc) is 2.78. The van der Waals surface area contributed by atoms with Crippen molar-refractivity contribution in [2.24, 2.45) is 4.99 Å². The number of aliphatic imine (C=N–C) groups is 1. The van der Waals surface area contributed by atoms with E-state index in [2.05, 4.69) is 10.3 Å². The van der Waals surface area contributed by atoms with Gasteiger partial charge in [-0.15, -0.1) is 0 Å². The summed E-state index contributed by atoms with van der Waals surface area (Å²) in [7, 11) is 1.46. The molecule has 0 aliphatic heterocycles. The fraction of sp³-hybridized carbons (Fsp3) is 0.130. The van der Waals surface area contributed by atoms with Gasteiger partial charge in [-0.05, 0) is 48.9 Å². The molecule has 3 aromatic rings. The van der Waals surface area contributed by atoms with Crippen LogP contribution in [0.2, 0.25) is 5.02 Å². The highest BCUT2D eigenvalue weighted by atomic mass is 35.5. The first-order chi connectivity index (χ1) is 15.4. The number of amides is 1. The van der Waals surface area contributed by atoms with Gasteiger partial charge in [0, 0.05) is 24.0 Å². The van der Waals surface area contributed by atoms with Gasteiger partial charge in [0.15, 0.2) is 18.1 Å². The van der Waals surface area contributed by atoms with Gasteiger partial charge >= 0.3 is 0 Å². The zero-order valence-electron chi connectivity index (χ0n) is 17.4. The number of halogens is 1. The predicted octanol–water partition coefficient (Wildman–Crippen LogP) is 5.33. The lowest BCUT2D eigenvalue weighted by molar-refractivity contribution is -0.384. The number of carbonyl (C=O) groups excluding carboxylic acids is 1. The number of aryl methyl sites for hydroxylation is 1. The molecule has 3 rings (SSSR count). The largest absolute Gasteiger partial charge is 0.493 e. The van der Waals surface area contributed by atoms with Crippen LogP contribution in [0.15, 0.2) is 65.7 Å². The Kier molecular flexibility index (Phi) is 7.41. The van der Waals surface area contributed by atoms with Crippen molar-refractivity contribution in [1.29, 1.82) is 0 Å². The van der Waals surface area contributed by atoms with Crippen LogP contribution in [0.3, 0.4) is 0 Å². The van der Waals surface area contributed by atoms with E-state index in [0.717, 1.165) is 5.56 Å². The van der Waals surface area contributed by atoms with Crippen LogP contribution < -0.4 is 14.8 Å². The molecule has 0 atom stereocenters. The minimum Gasteiger partial charge on any atom is -0.493 e. The smallest absolute Gasteiger partial charge is 0.269 e. The molecule has 0 heterocycles. The van der Waals surface area contributed by atoms with E-state index in [1.807, 2.05) is 19.1 Å². The SMILES string of the molecule is COc1cc(C=Nc2ccc([N+](=O)[O-])cc2)cc(Cl)c1OCC(=O)Nc1ccc(C)cc1. The van der Waals surface area contributed by atoms with Gasteiger partial charge in [0.1, 0.15) is 0 Å². The molecule has 0 radical (unpaired) electrons. The van der Waals surface area contributed by atoms with Crippen LogP contribution in [0.5, 0.6) is 11.5 Å². The molecule has 8 nitrogen and oxygen atoms in total. The van der Waals surface area contributed by atoms with Crippen molar-refractivity contribution in [2.75, 3.05) is 19.0 Å². The molecule has 0 unspecified atom stereocenters. The van der Waals surface area contributed by atoms with Crippen LogP contribution in [-0.2, 0) is 4.79 Å². The first kappa shape index (κ1) is 22.8. The molecule has 0 bridgehead atoms. The van der Waals surface area contributed by atoms with Crippen molar-refractivity contribution in [3.8, 4) is 11.5 Å². The molecule has 0 aromatic heterocycles. The molecule has 0 saturated heterocycles. The lowest BCUT2D eigenvalue weighted by atomic mass is 10.2. The first-order valence-corrected chi connectivity index (χ1v) is 9.89. The second-order valence-corrected chi connectivity index (χ2v) is 7.18. The van der Waals surface area contributed by atoms with E-state index < -0.39 is 4.92 Å². The number of anilines is 1. The van der Waals surface area contributed by atoms with Gasteiger partial charge in [-0.2, -0.15) is 0 Å². The molecule has 0 saturated carbocycles.